The second-order valence-electron chi connectivity index (χ2n) is 10.4. The number of benzene rings is 2. The van der Waals surface area contributed by atoms with Crippen LogP contribution in [0.4, 0.5) is 26.3 Å². The van der Waals surface area contributed by atoms with Crippen LogP contribution < -0.4 is 9.47 Å². The highest BCUT2D eigenvalue weighted by Crippen LogP contribution is 2.43. The highest BCUT2D eigenvalue weighted by atomic mass is 19.4. The van der Waals surface area contributed by atoms with Crippen molar-refractivity contribution in [2.75, 3.05) is 19.7 Å². The molecule has 0 bridgehead atoms. The molecule has 0 aromatic heterocycles. The van der Waals surface area contributed by atoms with Crippen molar-refractivity contribution < 1.29 is 45.7 Å². The number of carboxylic acids is 1. The lowest BCUT2D eigenvalue weighted by Gasteiger charge is -2.47. The fraction of sp³-hybridized carbons (Fsp3) is 0.536. The van der Waals surface area contributed by atoms with Crippen molar-refractivity contribution in [2.45, 2.75) is 64.0 Å². The number of carbonyl (C=O) groups is 1. The summed E-state index contributed by atoms with van der Waals surface area (Å²) in [5.41, 5.74) is -1.86. The third-order valence-corrected chi connectivity index (χ3v) is 7.15. The third-order valence-electron chi connectivity index (χ3n) is 7.15. The molecule has 3 unspecified atom stereocenters. The second kappa shape index (κ2) is 11.3. The Bertz CT molecular complexity index is 1170. The highest BCUT2D eigenvalue weighted by Gasteiger charge is 2.43. The van der Waals surface area contributed by atoms with Crippen molar-refractivity contribution in [3.05, 3.63) is 58.7 Å². The molecule has 2 aromatic rings. The van der Waals surface area contributed by atoms with E-state index in [0.717, 1.165) is 5.56 Å². The number of ether oxygens (including phenoxy) is 2. The molecule has 1 N–H and O–H groups in total. The number of nitrogens with zero attached hydrogens (tertiary/aromatic N) is 1. The molecule has 0 radical (unpaired) electrons. The van der Waals surface area contributed by atoms with Gasteiger partial charge in [-0.3, -0.25) is 9.69 Å². The molecule has 0 spiro atoms. The Morgan fingerprint density at radius 2 is 1.64 bits per heavy atom. The predicted octanol–water partition coefficient (Wildman–Crippen LogP) is 6.99. The maximum Gasteiger partial charge on any atom is 0.416 e. The van der Waals surface area contributed by atoms with Gasteiger partial charge >= 0.3 is 18.3 Å². The largest absolute Gasteiger partial charge is 0.486 e. The lowest BCUT2D eigenvalue weighted by molar-refractivity contribution is -0.142. The van der Waals surface area contributed by atoms with E-state index in [4.69, 9.17) is 14.6 Å². The molecule has 2 aromatic carbocycles. The van der Waals surface area contributed by atoms with Gasteiger partial charge in [-0.1, -0.05) is 32.3 Å². The molecule has 1 aliphatic carbocycles. The maximum atomic E-state index is 13.5. The number of alkyl halides is 6. The zero-order valence-electron chi connectivity index (χ0n) is 21.6. The number of aliphatic carboxylic acids is 1. The zero-order chi connectivity index (χ0) is 28.5. The number of fused-ring (bicyclic) bond motifs is 1. The van der Waals surface area contributed by atoms with Crippen molar-refractivity contribution >= 4 is 5.97 Å². The Morgan fingerprint density at radius 3 is 2.21 bits per heavy atom. The summed E-state index contributed by atoms with van der Waals surface area (Å²) in [7, 11) is 0. The number of rotatable bonds is 6. The number of hydrogen-bond acceptors (Lipinski definition) is 4. The van der Waals surface area contributed by atoms with E-state index < -0.39 is 53.1 Å². The molecule has 214 valence electrons. The summed E-state index contributed by atoms with van der Waals surface area (Å²) >= 11 is 0. The lowest BCUT2D eigenvalue weighted by Crippen LogP contribution is -2.56. The van der Waals surface area contributed by atoms with Gasteiger partial charge in [0.1, 0.15) is 12.7 Å². The van der Waals surface area contributed by atoms with E-state index in [0.29, 0.717) is 49.2 Å². The third kappa shape index (κ3) is 7.17. The molecule has 0 amide bonds. The van der Waals surface area contributed by atoms with Gasteiger partial charge in [0.25, 0.3) is 0 Å². The summed E-state index contributed by atoms with van der Waals surface area (Å²) in [6.45, 7) is 3.94. The van der Waals surface area contributed by atoms with Crippen molar-refractivity contribution in [2.24, 2.45) is 11.8 Å². The van der Waals surface area contributed by atoms with Crippen LogP contribution in [0.15, 0.2) is 36.4 Å². The van der Waals surface area contributed by atoms with Crippen molar-refractivity contribution in [3.8, 4) is 11.5 Å². The molecule has 5 rings (SSSR count). The Morgan fingerprint density at radius 1 is 0.974 bits per heavy atom. The number of hydrogen-bond donors (Lipinski definition) is 1. The fourth-order valence-electron chi connectivity index (χ4n) is 4.57. The summed E-state index contributed by atoms with van der Waals surface area (Å²) in [5, 5.41) is 9.13. The molecule has 1 saturated heterocycles. The van der Waals surface area contributed by atoms with E-state index in [-0.39, 0.29) is 12.5 Å². The minimum Gasteiger partial charge on any atom is -0.486 e. The molecular weight excluding hydrogens is 528 g/mol. The van der Waals surface area contributed by atoms with Crippen LogP contribution >= 0.6 is 0 Å². The minimum absolute atomic E-state index is 0.0951. The Kier molecular flexibility index (Phi) is 8.39. The van der Waals surface area contributed by atoms with Crippen LogP contribution in [0.1, 0.15) is 61.4 Å². The van der Waals surface area contributed by atoms with Crippen LogP contribution in [0.2, 0.25) is 0 Å². The van der Waals surface area contributed by atoms with Crippen LogP contribution in [0.3, 0.4) is 0 Å². The Balaban J connectivity index is 0.00000110. The first kappa shape index (κ1) is 29.0. The van der Waals surface area contributed by atoms with Gasteiger partial charge in [-0.05, 0) is 54.8 Å². The van der Waals surface area contributed by atoms with Crippen molar-refractivity contribution in [3.63, 3.8) is 0 Å². The van der Waals surface area contributed by atoms with Gasteiger partial charge in [-0.2, -0.15) is 26.3 Å². The summed E-state index contributed by atoms with van der Waals surface area (Å²) in [4.78, 5) is 12.8. The smallest absolute Gasteiger partial charge is 0.416 e. The molecule has 2 heterocycles. The molecule has 1 saturated carbocycles. The van der Waals surface area contributed by atoms with E-state index in [1.54, 1.807) is 30.0 Å². The van der Waals surface area contributed by atoms with Gasteiger partial charge < -0.3 is 14.6 Å². The molecule has 11 heteroatoms. The van der Waals surface area contributed by atoms with Gasteiger partial charge in [0.15, 0.2) is 11.5 Å². The van der Waals surface area contributed by atoms with Crippen LogP contribution in [0, 0.1) is 11.8 Å². The number of likely N-dealkylation sites (tertiary alicyclic amines) is 1. The van der Waals surface area contributed by atoms with E-state index in [1.807, 2.05) is 0 Å². The molecule has 3 aliphatic rings. The van der Waals surface area contributed by atoms with Crippen LogP contribution in [0.5, 0.6) is 11.5 Å². The molecule has 2 fully saturated rings. The number of halogens is 6. The van der Waals surface area contributed by atoms with Crippen LogP contribution in [0.25, 0.3) is 0 Å². The predicted molar refractivity (Wildman–Crippen MR) is 131 cm³/mol. The standard InChI is InChI=1S/C25H25F6NO4.C3H6/c1-13(23(33)34)7-15-3-6-20-21(8-15)36-22(12-35-20)16-10-32(11-16)14(2)18-9-17(24(26,27)28)4-5-19(18)25(29,30)31;1-2-3-1/h3-6,8-9,13-14,16,22H,7,10-12H2,1-2H3,(H,33,34);1-3H2. The summed E-state index contributed by atoms with van der Waals surface area (Å²) < 4.78 is 91.9. The molecule has 2 aliphatic heterocycles. The van der Waals surface area contributed by atoms with E-state index in [9.17, 15) is 31.1 Å². The minimum atomic E-state index is -4.78. The van der Waals surface area contributed by atoms with Gasteiger partial charge in [-0.25, -0.2) is 0 Å². The SMILES string of the molecule is C1CC1.CC(Cc1ccc2c(c1)OC(C1CN(C(C)c3cc(C(F)(F)F)ccc3C(F)(F)F)C1)CO2)C(=O)O. The van der Waals surface area contributed by atoms with Crippen LogP contribution in [-0.4, -0.2) is 41.8 Å². The normalized spacial score (nSPS) is 20.8. The van der Waals surface area contributed by atoms with Gasteiger partial charge in [0.05, 0.1) is 17.0 Å². The quantitative estimate of drug-likeness (QED) is 0.387. The summed E-state index contributed by atoms with van der Waals surface area (Å²) in [6, 6.07) is 5.83. The molecule has 39 heavy (non-hydrogen) atoms. The first-order valence-corrected chi connectivity index (χ1v) is 12.9. The first-order chi connectivity index (χ1) is 18.2. The molecular formula is C28H31F6NO4. The lowest BCUT2D eigenvalue weighted by atomic mass is 9.88. The molecule has 3 atom stereocenters. The zero-order valence-corrected chi connectivity index (χ0v) is 21.6. The van der Waals surface area contributed by atoms with Crippen molar-refractivity contribution in [1.29, 1.82) is 0 Å². The van der Waals surface area contributed by atoms with E-state index in [1.165, 1.54) is 26.2 Å². The second-order valence-corrected chi connectivity index (χ2v) is 10.4. The molecule has 5 nitrogen and oxygen atoms in total. The number of carboxylic acid groups (broad SMARTS) is 1. The monoisotopic (exact) mass is 559 g/mol. The highest BCUT2D eigenvalue weighted by molar-refractivity contribution is 5.70. The maximum absolute atomic E-state index is 13.5. The summed E-state index contributed by atoms with van der Waals surface area (Å²) in [5.74, 6) is -0.614. The average Bonchev–Trinajstić information content (AvgIpc) is 3.71. The average molecular weight is 560 g/mol. The summed E-state index contributed by atoms with van der Waals surface area (Å²) in [6.07, 6.45) is -5.11. The van der Waals surface area contributed by atoms with E-state index in [2.05, 4.69) is 0 Å². The Labute approximate surface area is 222 Å². The van der Waals surface area contributed by atoms with Gasteiger partial charge in [0.2, 0.25) is 0 Å². The van der Waals surface area contributed by atoms with Gasteiger partial charge in [0, 0.05) is 25.0 Å². The van der Waals surface area contributed by atoms with Crippen LogP contribution in [-0.2, 0) is 23.6 Å². The first-order valence-electron chi connectivity index (χ1n) is 12.9. The van der Waals surface area contributed by atoms with Gasteiger partial charge in [-0.15, -0.1) is 0 Å². The Hall–Kier alpha value is -2.95. The van der Waals surface area contributed by atoms with E-state index >= 15 is 0 Å². The topological polar surface area (TPSA) is 59.0 Å². The van der Waals surface area contributed by atoms with Crippen molar-refractivity contribution in [1.82, 2.24) is 4.90 Å². The fourth-order valence-corrected chi connectivity index (χ4v) is 4.57.